The Bertz CT molecular complexity index is 51.7. The maximum absolute atomic E-state index is 5.25. The van der Waals surface area contributed by atoms with Crippen LogP contribution in [0, 0.1) is 0 Å². The van der Waals surface area contributed by atoms with Crippen molar-refractivity contribution in [1.82, 2.24) is 5.32 Å². The van der Waals surface area contributed by atoms with E-state index in [1.807, 2.05) is 0 Å². The molecular formula is C4H8B2N. The highest BCUT2D eigenvalue weighted by Crippen LogP contribution is 2.00. The zero-order chi connectivity index (χ0) is 5.11. The van der Waals surface area contributed by atoms with Crippen LogP contribution in [-0.4, -0.2) is 27.4 Å². The third-order valence-electron chi connectivity index (χ3n) is 1.33. The number of hydrogen-bond donors (Lipinski definition) is 1. The summed E-state index contributed by atoms with van der Waals surface area (Å²) in [6.07, 6.45) is 2.49. The minimum absolute atomic E-state index is 0.500. The summed E-state index contributed by atoms with van der Waals surface area (Å²) in [4.78, 5) is 0. The molecule has 1 heterocycles. The fourth-order valence-electron chi connectivity index (χ4n) is 0.876. The van der Waals surface area contributed by atoms with Gasteiger partial charge in [0.1, 0.15) is 0 Å². The topological polar surface area (TPSA) is 12.0 Å². The second-order valence-electron chi connectivity index (χ2n) is 1.90. The van der Waals surface area contributed by atoms with Crippen molar-refractivity contribution in [2.24, 2.45) is 0 Å². The fraction of sp³-hybridized carbons (Fsp3) is 1.00. The van der Waals surface area contributed by atoms with Crippen molar-refractivity contribution in [3.05, 3.63) is 0 Å². The second-order valence-corrected chi connectivity index (χ2v) is 1.90. The van der Waals surface area contributed by atoms with Crippen LogP contribution in [0.2, 0.25) is 0 Å². The Kier molecular flexibility index (Phi) is 1.80. The summed E-state index contributed by atoms with van der Waals surface area (Å²) >= 11 is 0. The van der Waals surface area contributed by atoms with Crippen molar-refractivity contribution in [3.8, 4) is 0 Å². The first-order valence-electron chi connectivity index (χ1n) is 2.72. The van der Waals surface area contributed by atoms with E-state index in [0.29, 0.717) is 5.94 Å². The van der Waals surface area contributed by atoms with Crippen molar-refractivity contribution in [1.29, 1.82) is 0 Å². The van der Waals surface area contributed by atoms with E-state index in [4.69, 9.17) is 7.74 Å². The van der Waals surface area contributed by atoms with Crippen LogP contribution in [0.15, 0.2) is 0 Å². The van der Waals surface area contributed by atoms with Gasteiger partial charge in [0.15, 0.2) is 0 Å². The summed E-state index contributed by atoms with van der Waals surface area (Å²) in [5.41, 5.74) is 0. The quantitative estimate of drug-likeness (QED) is 0.429. The van der Waals surface area contributed by atoms with Crippen LogP contribution in [0.4, 0.5) is 0 Å². The van der Waals surface area contributed by atoms with Gasteiger partial charge in [-0.15, -0.1) is 0 Å². The second kappa shape index (κ2) is 2.41. The minimum atomic E-state index is 0.500. The highest BCUT2D eigenvalue weighted by atomic mass is 14.9. The van der Waals surface area contributed by atoms with Crippen LogP contribution in [0.25, 0.3) is 0 Å². The third-order valence-corrected chi connectivity index (χ3v) is 1.33. The summed E-state index contributed by atoms with van der Waals surface area (Å²) in [6.45, 7) is 1.14. The zero-order valence-electron chi connectivity index (χ0n) is 4.35. The molecular weight excluding hydrogens is 83.7 g/mol. The molecule has 0 aromatic rings. The van der Waals surface area contributed by atoms with Gasteiger partial charge in [-0.05, 0) is 25.3 Å². The van der Waals surface area contributed by atoms with Gasteiger partial charge in [0.05, 0.1) is 7.17 Å². The molecule has 0 saturated carbocycles. The summed E-state index contributed by atoms with van der Waals surface area (Å²) in [5, 5.41) is 3.23. The summed E-state index contributed by atoms with van der Waals surface area (Å²) in [7, 11) is 6.98. The predicted octanol–water partition coefficient (Wildman–Crippen LogP) is -0.516. The molecule has 1 unspecified atom stereocenters. The van der Waals surface area contributed by atoms with Gasteiger partial charge in [-0.25, -0.2) is 0 Å². The lowest BCUT2D eigenvalue weighted by atomic mass is 9.50. The van der Waals surface area contributed by atoms with E-state index in [9.17, 15) is 0 Å². The van der Waals surface area contributed by atoms with E-state index in [-0.39, 0.29) is 0 Å². The summed E-state index contributed by atoms with van der Waals surface area (Å²) in [5.74, 6) is 0.500. The first kappa shape index (κ1) is 5.23. The average molecular weight is 91.7 g/mol. The minimum Gasteiger partial charge on any atom is -0.323 e. The van der Waals surface area contributed by atoms with E-state index < -0.39 is 0 Å². The predicted molar refractivity (Wildman–Crippen MR) is 32.5 cm³/mol. The molecule has 1 atom stereocenters. The molecule has 3 heteroatoms. The first-order chi connectivity index (χ1) is 3.43. The summed E-state index contributed by atoms with van der Waals surface area (Å²) < 4.78 is 0. The lowest BCUT2D eigenvalue weighted by Gasteiger charge is -2.01. The largest absolute Gasteiger partial charge is 0.323 e. The molecule has 1 saturated heterocycles. The molecule has 1 N–H and O–H groups in total. The lowest BCUT2D eigenvalue weighted by molar-refractivity contribution is 0.792. The Morgan fingerprint density at radius 2 is 2.57 bits per heavy atom. The van der Waals surface area contributed by atoms with Crippen LogP contribution >= 0.6 is 0 Å². The van der Waals surface area contributed by atoms with Gasteiger partial charge in [-0.1, -0.05) is 0 Å². The first-order valence-corrected chi connectivity index (χ1v) is 2.72. The lowest BCUT2D eigenvalue weighted by Crippen LogP contribution is -2.27. The maximum Gasteiger partial charge on any atom is 0.0776 e. The van der Waals surface area contributed by atoms with Gasteiger partial charge in [0.25, 0.3) is 0 Å². The van der Waals surface area contributed by atoms with Crippen molar-refractivity contribution >= 4 is 14.9 Å². The molecule has 0 amide bonds. The van der Waals surface area contributed by atoms with Crippen molar-refractivity contribution in [2.45, 2.75) is 18.8 Å². The molecule has 0 aromatic carbocycles. The van der Waals surface area contributed by atoms with Gasteiger partial charge in [0.2, 0.25) is 0 Å². The Hall–Kier alpha value is 0.0899. The van der Waals surface area contributed by atoms with Crippen LogP contribution < -0.4 is 5.32 Å². The zero-order valence-corrected chi connectivity index (χ0v) is 4.35. The van der Waals surface area contributed by atoms with Gasteiger partial charge < -0.3 is 5.32 Å². The van der Waals surface area contributed by atoms with E-state index in [1.54, 1.807) is 7.17 Å². The standard InChI is InChI=1S/C4H8B2N/c5-6-4-2-1-3-7-4/h4,7H,1-3H2. The highest BCUT2D eigenvalue weighted by Gasteiger charge is 2.09. The Labute approximate surface area is 46.5 Å². The highest BCUT2D eigenvalue weighted by molar-refractivity contribution is 6.90. The normalized spacial score (nSPS) is 30.6. The number of nitrogens with one attached hydrogen (secondary N) is 1. The molecule has 0 spiro atoms. The van der Waals surface area contributed by atoms with Gasteiger partial charge in [0, 0.05) is 7.74 Å². The Balaban J connectivity index is 2.14. The smallest absolute Gasteiger partial charge is 0.0776 e. The van der Waals surface area contributed by atoms with Crippen LogP contribution in [0.5, 0.6) is 0 Å². The van der Waals surface area contributed by atoms with Gasteiger partial charge >= 0.3 is 0 Å². The van der Waals surface area contributed by atoms with E-state index in [1.165, 1.54) is 12.8 Å². The summed E-state index contributed by atoms with van der Waals surface area (Å²) in [6, 6.07) is 0. The molecule has 3 radical (unpaired) electrons. The average Bonchev–Trinajstić information content (AvgIpc) is 2.14. The Morgan fingerprint density at radius 1 is 1.71 bits per heavy atom. The maximum atomic E-state index is 5.25. The molecule has 35 valence electrons. The van der Waals surface area contributed by atoms with Crippen LogP contribution in [-0.2, 0) is 0 Å². The SMILES string of the molecule is [B][B]C1CCCN1. The molecule has 7 heavy (non-hydrogen) atoms. The molecule has 1 aliphatic heterocycles. The number of hydrogen-bond acceptors (Lipinski definition) is 1. The van der Waals surface area contributed by atoms with Crippen LogP contribution in [0.1, 0.15) is 12.8 Å². The molecule has 0 bridgehead atoms. The van der Waals surface area contributed by atoms with Crippen molar-refractivity contribution in [3.63, 3.8) is 0 Å². The molecule has 0 aromatic heterocycles. The van der Waals surface area contributed by atoms with Gasteiger partial charge in [-0.2, -0.15) is 0 Å². The molecule has 0 aliphatic carbocycles. The Morgan fingerprint density at radius 3 is 2.86 bits per heavy atom. The van der Waals surface area contributed by atoms with E-state index >= 15 is 0 Å². The molecule has 1 rings (SSSR count). The molecule has 1 aliphatic rings. The van der Waals surface area contributed by atoms with E-state index in [0.717, 1.165) is 6.54 Å². The molecule has 1 fully saturated rings. The third kappa shape index (κ3) is 1.23. The fourth-order valence-corrected chi connectivity index (χ4v) is 0.876. The van der Waals surface area contributed by atoms with E-state index in [2.05, 4.69) is 5.32 Å². The van der Waals surface area contributed by atoms with Gasteiger partial charge in [-0.3, -0.25) is 0 Å². The van der Waals surface area contributed by atoms with Crippen LogP contribution in [0.3, 0.4) is 0 Å². The molecule has 1 nitrogen and oxygen atoms in total. The van der Waals surface area contributed by atoms with Crippen molar-refractivity contribution in [2.75, 3.05) is 6.54 Å². The van der Waals surface area contributed by atoms with Crippen molar-refractivity contribution < 1.29 is 0 Å². The number of rotatable bonds is 1. The monoisotopic (exact) mass is 92.1 g/mol.